The maximum atomic E-state index is 12.0. The average Bonchev–Trinajstić information content (AvgIpc) is 2.47. The normalized spacial score (nSPS) is 10.3. The number of rotatable bonds is 8. The summed E-state index contributed by atoms with van der Waals surface area (Å²) in [5.41, 5.74) is 0.988. The molecule has 0 saturated carbocycles. The van der Waals surface area contributed by atoms with Crippen LogP contribution in [-0.4, -0.2) is 44.7 Å². The monoisotopic (exact) mass is 314 g/mol. The maximum Gasteiger partial charge on any atom is 0.260 e. The highest BCUT2D eigenvalue weighted by atomic mass is 35.5. The van der Waals surface area contributed by atoms with Crippen LogP contribution in [0.25, 0.3) is 0 Å². The van der Waals surface area contributed by atoms with Crippen LogP contribution in [0, 0.1) is 0 Å². The molecule has 1 amide bonds. The zero-order valence-electron chi connectivity index (χ0n) is 13.0. The van der Waals surface area contributed by atoms with E-state index in [1.807, 2.05) is 27.0 Å². The van der Waals surface area contributed by atoms with Crippen molar-refractivity contribution in [3.05, 3.63) is 22.7 Å². The van der Waals surface area contributed by atoms with Gasteiger partial charge in [-0.2, -0.15) is 0 Å². The van der Waals surface area contributed by atoms with Crippen molar-refractivity contribution in [1.82, 2.24) is 10.2 Å². The number of likely N-dealkylation sites (N-methyl/N-ethyl adjacent to an activating group) is 1. The number of carbonyl (C=O) groups is 1. The molecular formula is C15H23ClN2O3. The molecule has 0 bridgehead atoms. The van der Waals surface area contributed by atoms with Gasteiger partial charge in [0.15, 0.2) is 18.1 Å². The predicted molar refractivity (Wildman–Crippen MR) is 84.2 cm³/mol. The van der Waals surface area contributed by atoms with Gasteiger partial charge in [0.1, 0.15) is 0 Å². The van der Waals surface area contributed by atoms with Gasteiger partial charge in [-0.15, -0.1) is 0 Å². The largest absolute Gasteiger partial charge is 0.493 e. The maximum absolute atomic E-state index is 12.0. The van der Waals surface area contributed by atoms with Gasteiger partial charge in [0, 0.05) is 19.6 Å². The highest BCUT2D eigenvalue weighted by molar-refractivity contribution is 6.32. The molecule has 0 atom stereocenters. The number of methoxy groups -OCH3 is 1. The first-order valence-electron chi connectivity index (χ1n) is 6.98. The minimum atomic E-state index is -0.0718. The summed E-state index contributed by atoms with van der Waals surface area (Å²) in [4.78, 5) is 13.7. The molecule has 0 unspecified atom stereocenters. The van der Waals surface area contributed by atoms with Crippen LogP contribution < -0.4 is 14.8 Å². The number of hydrogen-bond acceptors (Lipinski definition) is 4. The fraction of sp³-hybridized carbons (Fsp3) is 0.533. The number of carbonyl (C=O) groups excluding carboxylic acids is 1. The Kier molecular flexibility index (Phi) is 7.32. The van der Waals surface area contributed by atoms with Gasteiger partial charge in [0.05, 0.1) is 12.1 Å². The molecule has 0 fully saturated rings. The lowest BCUT2D eigenvalue weighted by molar-refractivity contribution is -0.132. The van der Waals surface area contributed by atoms with Crippen molar-refractivity contribution < 1.29 is 14.3 Å². The van der Waals surface area contributed by atoms with Gasteiger partial charge in [-0.25, -0.2) is 0 Å². The summed E-state index contributed by atoms with van der Waals surface area (Å²) in [6.45, 7) is 5.80. The summed E-state index contributed by atoms with van der Waals surface area (Å²) in [5, 5.41) is 3.48. The molecule has 0 spiro atoms. The summed E-state index contributed by atoms with van der Waals surface area (Å²) in [6, 6.07) is 3.65. The number of ether oxygens (including phenoxy) is 2. The molecular weight excluding hydrogens is 292 g/mol. The third-order valence-electron chi connectivity index (χ3n) is 3.13. The smallest absolute Gasteiger partial charge is 0.260 e. The van der Waals surface area contributed by atoms with Crippen molar-refractivity contribution in [2.75, 3.05) is 33.9 Å². The van der Waals surface area contributed by atoms with Crippen LogP contribution in [0.2, 0.25) is 5.02 Å². The summed E-state index contributed by atoms with van der Waals surface area (Å²) in [6.07, 6.45) is 0. The molecule has 5 nitrogen and oxygen atoms in total. The third-order valence-corrected chi connectivity index (χ3v) is 3.41. The number of hydrogen-bond donors (Lipinski definition) is 1. The highest BCUT2D eigenvalue weighted by Gasteiger charge is 2.15. The van der Waals surface area contributed by atoms with E-state index in [2.05, 4.69) is 5.32 Å². The van der Waals surface area contributed by atoms with Crippen LogP contribution in [-0.2, 0) is 11.3 Å². The van der Waals surface area contributed by atoms with Gasteiger partial charge < -0.3 is 19.7 Å². The van der Waals surface area contributed by atoms with Crippen LogP contribution in [0.15, 0.2) is 12.1 Å². The summed E-state index contributed by atoms with van der Waals surface area (Å²) in [7, 11) is 3.40. The third kappa shape index (κ3) is 4.79. The zero-order valence-corrected chi connectivity index (χ0v) is 13.8. The Morgan fingerprint density at radius 1 is 1.33 bits per heavy atom. The van der Waals surface area contributed by atoms with E-state index >= 15 is 0 Å². The minimum Gasteiger partial charge on any atom is -0.493 e. The Hall–Kier alpha value is -1.46. The van der Waals surface area contributed by atoms with Crippen LogP contribution in [0.3, 0.4) is 0 Å². The summed E-state index contributed by atoms with van der Waals surface area (Å²) in [5.74, 6) is 0.858. The number of nitrogens with zero attached hydrogens (tertiary/aromatic N) is 1. The lowest BCUT2D eigenvalue weighted by Crippen LogP contribution is -2.34. The Morgan fingerprint density at radius 2 is 2.00 bits per heavy atom. The molecule has 1 aromatic carbocycles. The van der Waals surface area contributed by atoms with E-state index in [0.29, 0.717) is 36.2 Å². The molecule has 0 aliphatic rings. The molecule has 118 valence electrons. The predicted octanol–water partition coefficient (Wildman–Crippen LogP) is 2.32. The van der Waals surface area contributed by atoms with Crippen molar-refractivity contribution in [2.45, 2.75) is 20.4 Å². The Labute approximate surface area is 131 Å². The second kappa shape index (κ2) is 8.74. The highest BCUT2D eigenvalue weighted by Crippen LogP contribution is 2.36. The quantitative estimate of drug-likeness (QED) is 0.800. The van der Waals surface area contributed by atoms with Gasteiger partial charge >= 0.3 is 0 Å². The molecule has 0 aromatic heterocycles. The van der Waals surface area contributed by atoms with Gasteiger partial charge in [-0.3, -0.25) is 4.79 Å². The van der Waals surface area contributed by atoms with Crippen molar-refractivity contribution in [3.8, 4) is 11.5 Å². The van der Waals surface area contributed by atoms with E-state index in [1.165, 1.54) is 0 Å². The molecule has 0 radical (unpaired) electrons. The molecule has 6 heteroatoms. The van der Waals surface area contributed by atoms with Crippen molar-refractivity contribution in [1.29, 1.82) is 0 Å². The molecule has 0 heterocycles. The second-order valence-electron chi connectivity index (χ2n) is 4.49. The first-order chi connectivity index (χ1) is 10.1. The van der Waals surface area contributed by atoms with Gasteiger partial charge in [0.2, 0.25) is 0 Å². The van der Waals surface area contributed by atoms with Gasteiger partial charge in [-0.1, -0.05) is 11.6 Å². The SMILES string of the molecule is CCN(CC)C(=O)COc1c(Cl)cc(CNC)cc1OC. The van der Waals surface area contributed by atoms with E-state index in [4.69, 9.17) is 21.1 Å². The number of nitrogens with one attached hydrogen (secondary N) is 1. The van der Waals surface area contributed by atoms with E-state index in [0.717, 1.165) is 5.56 Å². The molecule has 0 aliphatic carbocycles. The average molecular weight is 315 g/mol. The molecule has 1 rings (SSSR count). The van der Waals surface area contributed by atoms with Crippen LogP contribution in [0.1, 0.15) is 19.4 Å². The topological polar surface area (TPSA) is 50.8 Å². The summed E-state index contributed by atoms with van der Waals surface area (Å²) >= 11 is 6.22. The van der Waals surface area contributed by atoms with Crippen LogP contribution >= 0.6 is 11.6 Å². The number of amides is 1. The standard InChI is InChI=1S/C15H23ClN2O3/c1-5-18(6-2)14(19)10-21-15-12(16)7-11(9-17-3)8-13(15)20-4/h7-8,17H,5-6,9-10H2,1-4H3. The molecule has 0 saturated heterocycles. The number of halogens is 1. The first-order valence-corrected chi connectivity index (χ1v) is 7.36. The van der Waals surface area contributed by atoms with Crippen LogP contribution in [0.5, 0.6) is 11.5 Å². The van der Waals surface area contributed by atoms with Gasteiger partial charge in [0.25, 0.3) is 5.91 Å². The fourth-order valence-electron chi connectivity index (χ4n) is 2.02. The Morgan fingerprint density at radius 3 is 2.52 bits per heavy atom. The number of benzene rings is 1. The Bertz CT molecular complexity index is 476. The minimum absolute atomic E-state index is 0.0524. The molecule has 0 aliphatic heterocycles. The zero-order chi connectivity index (χ0) is 15.8. The van der Waals surface area contributed by atoms with E-state index in [-0.39, 0.29) is 12.5 Å². The van der Waals surface area contributed by atoms with Gasteiger partial charge in [-0.05, 0) is 38.6 Å². The van der Waals surface area contributed by atoms with Crippen molar-refractivity contribution in [2.24, 2.45) is 0 Å². The fourth-order valence-corrected chi connectivity index (χ4v) is 2.31. The van der Waals surface area contributed by atoms with Crippen molar-refractivity contribution in [3.63, 3.8) is 0 Å². The van der Waals surface area contributed by atoms with Crippen LogP contribution in [0.4, 0.5) is 0 Å². The lowest BCUT2D eigenvalue weighted by Gasteiger charge is -2.20. The Balaban J connectivity index is 2.85. The van der Waals surface area contributed by atoms with Crippen molar-refractivity contribution >= 4 is 17.5 Å². The summed E-state index contributed by atoms with van der Waals surface area (Å²) < 4.78 is 10.9. The van der Waals surface area contributed by atoms with E-state index < -0.39 is 0 Å². The molecule has 1 aromatic rings. The second-order valence-corrected chi connectivity index (χ2v) is 4.90. The van der Waals surface area contributed by atoms with E-state index in [1.54, 1.807) is 18.1 Å². The molecule has 1 N–H and O–H groups in total. The molecule has 21 heavy (non-hydrogen) atoms. The first kappa shape index (κ1) is 17.6. The lowest BCUT2D eigenvalue weighted by atomic mass is 10.2. The van der Waals surface area contributed by atoms with E-state index in [9.17, 15) is 4.79 Å².